The number of hydrogen-bond acceptors (Lipinski definition) is 4. The number of hydrogen-bond donors (Lipinski definition) is 2. The van der Waals surface area contributed by atoms with Crippen LogP contribution in [0.5, 0.6) is 5.75 Å². The maximum absolute atomic E-state index is 13.0. The van der Waals surface area contributed by atoms with Crippen LogP contribution in [0.25, 0.3) is 10.9 Å². The first-order valence-corrected chi connectivity index (χ1v) is 11.2. The van der Waals surface area contributed by atoms with Crippen LogP contribution in [0.3, 0.4) is 0 Å². The van der Waals surface area contributed by atoms with Crippen molar-refractivity contribution in [3.05, 3.63) is 77.1 Å². The van der Waals surface area contributed by atoms with E-state index >= 15 is 0 Å². The molecular weight excluding hydrogens is 421 g/mol. The van der Waals surface area contributed by atoms with E-state index in [1.807, 2.05) is 6.20 Å². The predicted molar refractivity (Wildman–Crippen MR) is 127 cm³/mol. The number of aromatic carboxylic acids is 1. The third kappa shape index (κ3) is 5.20. The molecule has 7 heteroatoms. The summed E-state index contributed by atoms with van der Waals surface area (Å²) in [6, 6.07) is 12.5. The molecular formula is C26H30FN3O3. The fourth-order valence-corrected chi connectivity index (χ4v) is 4.38. The Balaban J connectivity index is 0.000000243. The van der Waals surface area contributed by atoms with E-state index in [1.54, 1.807) is 37.4 Å². The number of carboxylic acid groups (broad SMARTS) is 1. The Morgan fingerprint density at radius 2 is 2.00 bits per heavy atom. The molecule has 3 heterocycles. The van der Waals surface area contributed by atoms with Crippen LogP contribution in [0.15, 0.2) is 60.4 Å². The molecule has 0 saturated carbocycles. The van der Waals surface area contributed by atoms with Gasteiger partial charge in [0.25, 0.3) is 0 Å². The second-order valence-electron chi connectivity index (χ2n) is 8.49. The summed E-state index contributed by atoms with van der Waals surface area (Å²) in [4.78, 5) is 18.1. The number of benzene rings is 2. The van der Waals surface area contributed by atoms with Crippen molar-refractivity contribution < 1.29 is 19.0 Å². The Kier molecular flexibility index (Phi) is 6.99. The van der Waals surface area contributed by atoms with Gasteiger partial charge in [-0.15, -0.1) is 0 Å². The number of ether oxygens (including phenoxy) is 1. The summed E-state index contributed by atoms with van der Waals surface area (Å²) in [5.74, 6) is 0.0768. The van der Waals surface area contributed by atoms with E-state index < -0.39 is 12.1 Å². The fourth-order valence-electron chi connectivity index (χ4n) is 4.38. The Bertz CT molecular complexity index is 1140. The molecule has 1 saturated heterocycles. The summed E-state index contributed by atoms with van der Waals surface area (Å²) >= 11 is 0. The van der Waals surface area contributed by atoms with E-state index in [1.165, 1.54) is 27.7 Å². The number of alkyl halides is 1. The van der Waals surface area contributed by atoms with Crippen molar-refractivity contribution in [1.29, 1.82) is 0 Å². The number of nitrogens with one attached hydrogen (secondary N) is 1. The average Bonchev–Trinajstić information content (AvgIpc) is 3.31. The largest absolute Gasteiger partial charge is 0.496 e. The average molecular weight is 452 g/mol. The molecule has 5 rings (SSSR count). The van der Waals surface area contributed by atoms with Crippen LogP contribution in [-0.4, -0.2) is 65.3 Å². The van der Waals surface area contributed by atoms with E-state index in [0.29, 0.717) is 18.7 Å². The third-order valence-electron chi connectivity index (χ3n) is 6.25. The van der Waals surface area contributed by atoms with Gasteiger partial charge in [0, 0.05) is 48.0 Å². The third-order valence-corrected chi connectivity index (χ3v) is 6.25. The summed E-state index contributed by atoms with van der Waals surface area (Å²) in [5, 5.41) is 9.63. The molecule has 0 radical (unpaired) electrons. The van der Waals surface area contributed by atoms with Gasteiger partial charge in [-0.2, -0.15) is 0 Å². The first-order chi connectivity index (χ1) is 16.0. The lowest BCUT2D eigenvalue weighted by Gasteiger charge is -2.41. The number of aromatic nitrogens is 1. The molecule has 174 valence electrons. The topological polar surface area (TPSA) is 68.8 Å². The molecule has 1 aromatic heterocycles. The number of carbonyl (C=O) groups is 1. The lowest BCUT2D eigenvalue weighted by Crippen LogP contribution is -2.48. The van der Waals surface area contributed by atoms with Gasteiger partial charge in [-0.1, -0.05) is 24.3 Å². The molecule has 6 nitrogen and oxygen atoms in total. The van der Waals surface area contributed by atoms with Crippen molar-refractivity contribution in [3.8, 4) is 5.75 Å². The van der Waals surface area contributed by atoms with E-state index in [4.69, 9.17) is 9.84 Å². The Morgan fingerprint density at radius 1 is 1.24 bits per heavy atom. The highest BCUT2D eigenvalue weighted by atomic mass is 19.1. The number of methoxy groups -OCH3 is 1. The maximum atomic E-state index is 13.0. The first-order valence-electron chi connectivity index (χ1n) is 11.2. The maximum Gasteiger partial charge on any atom is 0.335 e. The van der Waals surface area contributed by atoms with Gasteiger partial charge in [0.2, 0.25) is 0 Å². The monoisotopic (exact) mass is 451 g/mol. The van der Waals surface area contributed by atoms with Crippen LogP contribution in [0.2, 0.25) is 0 Å². The highest BCUT2D eigenvalue weighted by molar-refractivity contribution is 5.88. The summed E-state index contributed by atoms with van der Waals surface area (Å²) in [6.45, 7) is 6.02. The van der Waals surface area contributed by atoms with Crippen LogP contribution in [0.4, 0.5) is 4.39 Å². The summed E-state index contributed by atoms with van der Waals surface area (Å²) in [5.41, 5.74) is 5.27. The quantitative estimate of drug-likeness (QED) is 0.593. The molecule has 1 fully saturated rings. The molecule has 0 unspecified atom stereocenters. The van der Waals surface area contributed by atoms with Gasteiger partial charge >= 0.3 is 5.97 Å². The first kappa shape index (κ1) is 22.9. The van der Waals surface area contributed by atoms with E-state index in [0.717, 1.165) is 31.8 Å². The number of carboxylic acids is 1. The van der Waals surface area contributed by atoms with Crippen molar-refractivity contribution in [2.45, 2.75) is 26.1 Å². The number of halogens is 1. The van der Waals surface area contributed by atoms with Crippen molar-refractivity contribution in [3.63, 3.8) is 0 Å². The standard InChI is InChI=1S/C19H24FN3O.C7H6O2/c1-13-9-18(24-2)17(16-3-6-21-19(13)16)12-22-7-4-15(5-8-22)23-10-14(20)11-23;8-7(9)6-4-2-1-3-5-6/h3-4,6,9,14,21H,5,7-8,10-12H2,1-2H3;1-5H,(H,8,9). The zero-order valence-corrected chi connectivity index (χ0v) is 19.1. The number of likely N-dealkylation sites (tertiary alicyclic amines) is 1. The number of H-pyrrole nitrogens is 1. The summed E-state index contributed by atoms with van der Waals surface area (Å²) in [7, 11) is 1.74. The predicted octanol–water partition coefficient (Wildman–Crippen LogP) is 4.61. The highest BCUT2D eigenvalue weighted by Crippen LogP contribution is 2.32. The van der Waals surface area contributed by atoms with Crippen molar-refractivity contribution in [1.82, 2.24) is 14.8 Å². The van der Waals surface area contributed by atoms with Gasteiger partial charge in [0.05, 0.1) is 25.8 Å². The fraction of sp³-hybridized carbons (Fsp3) is 0.346. The molecule has 0 spiro atoms. The lowest BCUT2D eigenvalue weighted by atomic mass is 10.0. The molecule has 33 heavy (non-hydrogen) atoms. The molecule has 3 aromatic rings. The van der Waals surface area contributed by atoms with Crippen LogP contribution in [0, 0.1) is 6.92 Å². The van der Waals surface area contributed by atoms with Gasteiger partial charge in [0.1, 0.15) is 11.9 Å². The van der Waals surface area contributed by atoms with Gasteiger partial charge in [-0.3, -0.25) is 4.90 Å². The van der Waals surface area contributed by atoms with Crippen molar-refractivity contribution >= 4 is 16.9 Å². The second-order valence-corrected chi connectivity index (χ2v) is 8.49. The lowest BCUT2D eigenvalue weighted by molar-refractivity contribution is 0.0697. The van der Waals surface area contributed by atoms with Gasteiger partial charge in [-0.25, -0.2) is 9.18 Å². The van der Waals surface area contributed by atoms with Crippen LogP contribution < -0.4 is 4.74 Å². The minimum Gasteiger partial charge on any atom is -0.496 e. The summed E-state index contributed by atoms with van der Waals surface area (Å²) in [6.07, 6.45) is 4.61. The SMILES string of the molecule is COc1cc(C)c2[nH]ccc2c1CN1CC=C(N2CC(F)C2)CC1.O=C(O)c1ccccc1. The molecule has 0 amide bonds. The Hall–Kier alpha value is -3.32. The second kappa shape index (κ2) is 10.1. The van der Waals surface area contributed by atoms with Crippen LogP contribution >= 0.6 is 0 Å². The molecule has 2 aromatic carbocycles. The highest BCUT2D eigenvalue weighted by Gasteiger charge is 2.29. The van der Waals surface area contributed by atoms with E-state index in [9.17, 15) is 9.18 Å². The number of fused-ring (bicyclic) bond motifs is 1. The molecule has 2 aliphatic rings. The number of rotatable bonds is 5. The van der Waals surface area contributed by atoms with E-state index in [-0.39, 0.29) is 0 Å². The number of aromatic amines is 1. The van der Waals surface area contributed by atoms with Gasteiger partial charge < -0.3 is 19.7 Å². The Labute approximate surface area is 193 Å². The van der Waals surface area contributed by atoms with Crippen molar-refractivity contribution in [2.24, 2.45) is 0 Å². The van der Waals surface area contributed by atoms with E-state index in [2.05, 4.69) is 39.9 Å². The van der Waals surface area contributed by atoms with Gasteiger partial charge in [0.15, 0.2) is 0 Å². The Morgan fingerprint density at radius 3 is 2.58 bits per heavy atom. The van der Waals surface area contributed by atoms with Crippen LogP contribution in [-0.2, 0) is 6.54 Å². The minimum absolute atomic E-state index is 0.331. The smallest absolute Gasteiger partial charge is 0.335 e. The molecule has 2 aliphatic heterocycles. The normalized spacial score (nSPS) is 16.6. The minimum atomic E-state index is -0.879. The molecule has 0 bridgehead atoms. The molecule has 0 atom stereocenters. The molecule has 2 N–H and O–H groups in total. The number of aryl methyl sites for hydroxylation is 1. The van der Waals surface area contributed by atoms with Gasteiger partial charge in [-0.05, 0) is 43.2 Å². The zero-order chi connectivity index (χ0) is 23.4. The molecule has 0 aliphatic carbocycles. The number of nitrogens with zero attached hydrogens (tertiary/aromatic N) is 2. The van der Waals surface area contributed by atoms with Crippen LogP contribution in [0.1, 0.15) is 27.9 Å². The summed E-state index contributed by atoms with van der Waals surface area (Å²) < 4.78 is 18.7. The van der Waals surface area contributed by atoms with Crippen molar-refractivity contribution in [2.75, 3.05) is 33.3 Å². The zero-order valence-electron chi connectivity index (χ0n) is 19.1.